The quantitative estimate of drug-likeness (QED) is 0.700. The Bertz CT molecular complexity index is 540. The van der Waals surface area contributed by atoms with Gasteiger partial charge in [0, 0.05) is 24.7 Å². The van der Waals surface area contributed by atoms with Crippen molar-refractivity contribution in [3.05, 3.63) is 24.3 Å². The second-order valence-electron chi connectivity index (χ2n) is 4.45. The van der Waals surface area contributed by atoms with Gasteiger partial charge in [-0.3, -0.25) is 4.79 Å². The highest BCUT2D eigenvalue weighted by Crippen LogP contribution is 2.14. The van der Waals surface area contributed by atoms with Gasteiger partial charge in [0.15, 0.2) is 0 Å². The number of amides is 1. The monoisotopic (exact) mass is 299 g/mol. The highest BCUT2D eigenvalue weighted by molar-refractivity contribution is 7.89. The van der Waals surface area contributed by atoms with Gasteiger partial charge in [0.05, 0.1) is 4.90 Å². The molecule has 20 heavy (non-hydrogen) atoms. The molecule has 6 nitrogen and oxygen atoms in total. The average molecular weight is 299 g/mol. The van der Waals surface area contributed by atoms with Crippen LogP contribution in [0.5, 0.6) is 0 Å². The summed E-state index contributed by atoms with van der Waals surface area (Å²) in [6, 6.07) is 5.85. The van der Waals surface area contributed by atoms with E-state index in [0.717, 1.165) is 6.42 Å². The van der Waals surface area contributed by atoms with Gasteiger partial charge in [-0.1, -0.05) is 13.8 Å². The molecule has 0 bridgehead atoms. The number of carbonyl (C=O) groups excluding carboxylic acids is 1. The van der Waals surface area contributed by atoms with Gasteiger partial charge >= 0.3 is 0 Å². The maximum Gasteiger partial charge on any atom is 0.240 e. The van der Waals surface area contributed by atoms with Crippen LogP contribution in [0.25, 0.3) is 0 Å². The number of carbonyl (C=O) groups is 1. The zero-order chi connectivity index (χ0) is 15.2. The predicted molar refractivity (Wildman–Crippen MR) is 78.8 cm³/mol. The standard InChI is InChI=1S/C13H21N3O3S/c1-3-10(14)9-13(17)16-11-5-7-12(8-6-11)20(18,19)15-4-2/h5-8,10,15H,3-4,9,14H2,1-2H3,(H,16,17). The fourth-order valence-corrected chi connectivity index (χ4v) is 2.63. The number of sulfonamides is 1. The molecule has 0 heterocycles. The molecule has 112 valence electrons. The van der Waals surface area contributed by atoms with Crippen LogP contribution in [0, 0.1) is 0 Å². The van der Waals surface area contributed by atoms with Crippen molar-refractivity contribution in [2.24, 2.45) is 5.73 Å². The average Bonchev–Trinajstić information content (AvgIpc) is 2.39. The second-order valence-corrected chi connectivity index (χ2v) is 6.21. The number of nitrogens with one attached hydrogen (secondary N) is 2. The summed E-state index contributed by atoms with van der Waals surface area (Å²) in [5.41, 5.74) is 6.24. The van der Waals surface area contributed by atoms with E-state index in [9.17, 15) is 13.2 Å². The summed E-state index contributed by atoms with van der Waals surface area (Å²) < 4.78 is 25.9. The van der Waals surface area contributed by atoms with Crippen LogP contribution in [0.4, 0.5) is 5.69 Å². The van der Waals surface area contributed by atoms with Crippen LogP contribution >= 0.6 is 0 Å². The van der Waals surface area contributed by atoms with Crippen LogP contribution in [0.3, 0.4) is 0 Å². The van der Waals surface area contributed by atoms with Crippen LogP contribution in [0.2, 0.25) is 0 Å². The van der Waals surface area contributed by atoms with E-state index in [-0.39, 0.29) is 23.3 Å². The fourth-order valence-electron chi connectivity index (χ4n) is 1.59. The summed E-state index contributed by atoms with van der Waals surface area (Å²) in [4.78, 5) is 11.8. The number of hydrogen-bond donors (Lipinski definition) is 3. The zero-order valence-electron chi connectivity index (χ0n) is 11.7. The van der Waals surface area contributed by atoms with Crippen molar-refractivity contribution in [3.63, 3.8) is 0 Å². The lowest BCUT2D eigenvalue weighted by Crippen LogP contribution is -2.26. The molecule has 0 fully saturated rings. The number of nitrogens with two attached hydrogens (primary N) is 1. The van der Waals surface area contributed by atoms with Crippen molar-refractivity contribution in [1.29, 1.82) is 0 Å². The topological polar surface area (TPSA) is 101 Å². The van der Waals surface area contributed by atoms with Crippen molar-refractivity contribution in [3.8, 4) is 0 Å². The van der Waals surface area contributed by atoms with E-state index in [1.165, 1.54) is 12.1 Å². The largest absolute Gasteiger partial charge is 0.327 e. The van der Waals surface area contributed by atoms with Crippen molar-refractivity contribution in [2.45, 2.75) is 37.6 Å². The van der Waals surface area contributed by atoms with Crippen LogP contribution < -0.4 is 15.8 Å². The number of benzene rings is 1. The first-order chi connectivity index (χ1) is 9.39. The molecule has 0 spiro atoms. The molecule has 0 radical (unpaired) electrons. The van der Waals surface area contributed by atoms with E-state index in [4.69, 9.17) is 5.73 Å². The molecule has 7 heteroatoms. The molecule has 1 atom stereocenters. The second kappa shape index (κ2) is 7.37. The third-order valence-corrected chi connectivity index (χ3v) is 4.32. The molecular formula is C13H21N3O3S. The molecule has 4 N–H and O–H groups in total. The first kappa shape index (κ1) is 16.6. The number of hydrogen-bond acceptors (Lipinski definition) is 4. The SMILES string of the molecule is CCNS(=O)(=O)c1ccc(NC(=O)CC(N)CC)cc1. The van der Waals surface area contributed by atoms with Crippen LogP contribution in [0.1, 0.15) is 26.7 Å². The van der Waals surface area contributed by atoms with Gasteiger partial charge in [-0.25, -0.2) is 13.1 Å². The smallest absolute Gasteiger partial charge is 0.240 e. The van der Waals surface area contributed by atoms with Crippen molar-refractivity contribution in [1.82, 2.24) is 4.72 Å². The van der Waals surface area contributed by atoms with E-state index >= 15 is 0 Å². The van der Waals surface area contributed by atoms with E-state index in [0.29, 0.717) is 12.2 Å². The van der Waals surface area contributed by atoms with Crippen molar-refractivity contribution in [2.75, 3.05) is 11.9 Å². The summed E-state index contributed by atoms with van der Waals surface area (Å²) >= 11 is 0. The highest BCUT2D eigenvalue weighted by Gasteiger charge is 2.13. The Morgan fingerprint density at radius 2 is 1.85 bits per heavy atom. The summed E-state index contributed by atoms with van der Waals surface area (Å²) in [5, 5.41) is 2.68. The summed E-state index contributed by atoms with van der Waals surface area (Å²) in [6.07, 6.45) is 0.973. The van der Waals surface area contributed by atoms with Gasteiger partial charge in [-0.2, -0.15) is 0 Å². The Labute approximate surface area is 119 Å². The van der Waals surface area contributed by atoms with Crippen molar-refractivity contribution < 1.29 is 13.2 Å². The van der Waals surface area contributed by atoms with Crippen LogP contribution in [0.15, 0.2) is 29.2 Å². The molecule has 0 saturated heterocycles. The first-order valence-corrected chi connectivity index (χ1v) is 8.02. The van der Waals surface area contributed by atoms with Gasteiger partial charge < -0.3 is 11.1 Å². The highest BCUT2D eigenvalue weighted by atomic mass is 32.2. The Kier molecular flexibility index (Phi) is 6.12. The summed E-state index contributed by atoms with van der Waals surface area (Å²) in [5.74, 6) is -0.179. The predicted octanol–water partition coefficient (Wildman–Crippen LogP) is 1.05. The molecule has 0 aliphatic rings. The number of rotatable bonds is 7. The van der Waals surface area contributed by atoms with Crippen molar-refractivity contribution >= 4 is 21.6 Å². The molecule has 0 aliphatic heterocycles. The lowest BCUT2D eigenvalue weighted by atomic mass is 10.1. The molecule has 1 aromatic rings. The van der Waals surface area contributed by atoms with Crippen LogP contribution in [-0.2, 0) is 14.8 Å². The van der Waals surface area contributed by atoms with E-state index in [1.807, 2.05) is 6.92 Å². The van der Waals surface area contributed by atoms with Gasteiger partial charge in [0.1, 0.15) is 0 Å². The van der Waals surface area contributed by atoms with Gasteiger partial charge in [0.25, 0.3) is 0 Å². The minimum atomic E-state index is -3.46. The molecule has 1 rings (SSSR count). The molecule has 1 amide bonds. The third-order valence-electron chi connectivity index (χ3n) is 2.75. The minimum absolute atomic E-state index is 0.164. The summed E-state index contributed by atoms with van der Waals surface area (Å²) in [6.45, 7) is 3.96. The summed E-state index contributed by atoms with van der Waals surface area (Å²) in [7, 11) is -3.46. The Morgan fingerprint density at radius 3 is 2.35 bits per heavy atom. The normalized spacial score (nSPS) is 12.9. The minimum Gasteiger partial charge on any atom is -0.327 e. The van der Waals surface area contributed by atoms with Gasteiger partial charge in [-0.15, -0.1) is 0 Å². The Hall–Kier alpha value is -1.44. The Morgan fingerprint density at radius 1 is 1.25 bits per heavy atom. The third kappa shape index (κ3) is 4.92. The van der Waals surface area contributed by atoms with Gasteiger partial charge in [-0.05, 0) is 30.7 Å². The lowest BCUT2D eigenvalue weighted by molar-refractivity contribution is -0.116. The van der Waals surface area contributed by atoms with E-state index in [2.05, 4.69) is 10.0 Å². The molecule has 1 unspecified atom stereocenters. The molecule has 0 aliphatic carbocycles. The number of anilines is 1. The molecule has 0 aromatic heterocycles. The lowest BCUT2D eigenvalue weighted by Gasteiger charge is -2.10. The van der Waals surface area contributed by atoms with Gasteiger partial charge in [0.2, 0.25) is 15.9 Å². The van der Waals surface area contributed by atoms with E-state index < -0.39 is 10.0 Å². The van der Waals surface area contributed by atoms with E-state index in [1.54, 1.807) is 19.1 Å². The van der Waals surface area contributed by atoms with Crippen LogP contribution in [-0.4, -0.2) is 26.9 Å². The Balaban J connectivity index is 2.70. The zero-order valence-corrected chi connectivity index (χ0v) is 12.5. The maximum atomic E-state index is 11.7. The molecule has 1 aromatic carbocycles. The maximum absolute atomic E-state index is 11.7. The fraction of sp³-hybridized carbons (Fsp3) is 0.462. The molecular weight excluding hydrogens is 278 g/mol. The first-order valence-electron chi connectivity index (χ1n) is 6.54. The molecule has 0 saturated carbocycles.